The Morgan fingerprint density at radius 1 is 1.07 bits per heavy atom. The molecule has 0 aliphatic heterocycles. The van der Waals surface area contributed by atoms with Gasteiger partial charge in [-0.05, 0) is 50.6 Å². The summed E-state index contributed by atoms with van der Waals surface area (Å²) in [5.41, 5.74) is -0.499. The summed E-state index contributed by atoms with van der Waals surface area (Å²) in [5.74, 6) is -1.05. The Kier molecular flexibility index (Phi) is 6.56. The second-order valence-corrected chi connectivity index (χ2v) is 6.91. The van der Waals surface area contributed by atoms with Crippen LogP contribution in [-0.2, 0) is 16.0 Å². The molecule has 1 amide bonds. The van der Waals surface area contributed by atoms with Crippen molar-refractivity contribution in [3.05, 3.63) is 53.5 Å². The van der Waals surface area contributed by atoms with Crippen LogP contribution in [0.4, 0.5) is 15.0 Å². The smallest absolute Gasteiger partial charge is 0.416 e. The summed E-state index contributed by atoms with van der Waals surface area (Å²) in [4.78, 5) is 29.7. The molecule has 1 heterocycles. The molecule has 7 nitrogen and oxygen atoms in total. The Bertz CT molecular complexity index is 847. The Hall–Kier alpha value is -3.16. The van der Waals surface area contributed by atoms with Crippen molar-refractivity contribution in [2.45, 2.75) is 32.9 Å². The fraction of sp³-hybridized carbons (Fsp3) is 0.350. The first-order chi connectivity index (χ1) is 13.1. The van der Waals surface area contributed by atoms with Gasteiger partial charge in [0.1, 0.15) is 17.2 Å². The molecule has 0 N–H and O–H groups in total. The normalized spacial score (nSPS) is 10.9. The van der Waals surface area contributed by atoms with Gasteiger partial charge >= 0.3 is 12.1 Å². The molecule has 0 fully saturated rings. The standard InChI is InChI=1S/C20H23FN2O5/c1-20(2,3)28-19(25)23(12-13-6-8-14(26-4)9-7-13)16-11-10-15(21)17(22-16)18(24)27-5/h6-11H,12H2,1-5H3. The average molecular weight is 390 g/mol. The second-order valence-electron chi connectivity index (χ2n) is 6.91. The van der Waals surface area contributed by atoms with E-state index in [0.717, 1.165) is 18.7 Å². The van der Waals surface area contributed by atoms with Gasteiger partial charge in [-0.3, -0.25) is 4.90 Å². The van der Waals surface area contributed by atoms with Gasteiger partial charge in [-0.1, -0.05) is 12.1 Å². The van der Waals surface area contributed by atoms with Crippen molar-refractivity contribution in [2.75, 3.05) is 19.1 Å². The van der Waals surface area contributed by atoms with Crippen molar-refractivity contribution in [1.82, 2.24) is 4.98 Å². The number of hydrogen-bond donors (Lipinski definition) is 0. The van der Waals surface area contributed by atoms with Crippen molar-refractivity contribution in [3.63, 3.8) is 0 Å². The van der Waals surface area contributed by atoms with E-state index in [0.29, 0.717) is 5.75 Å². The topological polar surface area (TPSA) is 78.0 Å². The maximum atomic E-state index is 13.9. The van der Waals surface area contributed by atoms with E-state index in [1.165, 1.54) is 11.0 Å². The molecule has 0 bridgehead atoms. The lowest BCUT2D eigenvalue weighted by molar-refractivity contribution is 0.0563. The number of hydrogen-bond acceptors (Lipinski definition) is 6. The largest absolute Gasteiger partial charge is 0.497 e. The van der Waals surface area contributed by atoms with Crippen molar-refractivity contribution in [1.29, 1.82) is 0 Å². The molecule has 0 aliphatic rings. The number of benzene rings is 1. The molecule has 0 unspecified atom stereocenters. The van der Waals surface area contributed by atoms with Gasteiger partial charge in [-0.25, -0.2) is 19.0 Å². The average Bonchev–Trinajstić information content (AvgIpc) is 2.65. The fourth-order valence-electron chi connectivity index (χ4n) is 2.29. The van der Waals surface area contributed by atoms with E-state index < -0.39 is 29.2 Å². The summed E-state index contributed by atoms with van der Waals surface area (Å²) in [5, 5.41) is 0. The minimum atomic E-state index is -0.937. The Morgan fingerprint density at radius 2 is 1.71 bits per heavy atom. The third-order valence-electron chi connectivity index (χ3n) is 3.60. The molecule has 0 aliphatic carbocycles. The van der Waals surface area contributed by atoms with E-state index in [2.05, 4.69) is 9.72 Å². The van der Waals surface area contributed by atoms with Crippen LogP contribution in [0.3, 0.4) is 0 Å². The van der Waals surface area contributed by atoms with Crippen molar-refractivity contribution >= 4 is 17.9 Å². The monoisotopic (exact) mass is 390 g/mol. The molecule has 28 heavy (non-hydrogen) atoms. The highest BCUT2D eigenvalue weighted by atomic mass is 19.1. The van der Waals surface area contributed by atoms with Crippen LogP contribution < -0.4 is 9.64 Å². The molecule has 2 aromatic rings. The molecule has 8 heteroatoms. The van der Waals surface area contributed by atoms with Gasteiger partial charge in [-0.2, -0.15) is 0 Å². The highest BCUT2D eigenvalue weighted by Crippen LogP contribution is 2.22. The summed E-state index contributed by atoms with van der Waals surface area (Å²) >= 11 is 0. The lowest BCUT2D eigenvalue weighted by Crippen LogP contribution is -2.37. The van der Waals surface area contributed by atoms with Crippen LogP contribution in [0.15, 0.2) is 36.4 Å². The number of anilines is 1. The Labute approximate surface area is 163 Å². The molecule has 1 aromatic carbocycles. The van der Waals surface area contributed by atoms with E-state index in [1.54, 1.807) is 52.1 Å². The number of esters is 1. The number of ether oxygens (including phenoxy) is 3. The van der Waals surface area contributed by atoms with Gasteiger partial charge in [0.25, 0.3) is 0 Å². The van der Waals surface area contributed by atoms with Crippen LogP contribution in [0.1, 0.15) is 36.8 Å². The van der Waals surface area contributed by atoms with Crippen LogP contribution >= 0.6 is 0 Å². The molecule has 0 spiro atoms. The molecule has 0 atom stereocenters. The number of carbonyl (C=O) groups is 2. The molecule has 0 saturated heterocycles. The van der Waals surface area contributed by atoms with Gasteiger partial charge < -0.3 is 14.2 Å². The molecule has 0 radical (unpaired) electrons. The number of pyridine rings is 1. The van der Waals surface area contributed by atoms with E-state index in [-0.39, 0.29) is 12.4 Å². The van der Waals surface area contributed by atoms with Crippen molar-refractivity contribution in [2.24, 2.45) is 0 Å². The number of amides is 1. The highest BCUT2D eigenvalue weighted by molar-refractivity contribution is 5.90. The lowest BCUT2D eigenvalue weighted by atomic mass is 10.2. The second kappa shape index (κ2) is 8.69. The molecular formula is C20H23FN2O5. The summed E-state index contributed by atoms with van der Waals surface area (Å²) in [7, 11) is 2.68. The van der Waals surface area contributed by atoms with Crippen LogP contribution in [0.5, 0.6) is 5.75 Å². The SMILES string of the molecule is COC(=O)c1nc(N(Cc2ccc(OC)cc2)C(=O)OC(C)(C)C)ccc1F. The first-order valence-electron chi connectivity index (χ1n) is 8.53. The van der Waals surface area contributed by atoms with Gasteiger partial charge in [0.05, 0.1) is 20.8 Å². The van der Waals surface area contributed by atoms with E-state index in [4.69, 9.17) is 9.47 Å². The summed E-state index contributed by atoms with van der Waals surface area (Å²) in [6.07, 6.45) is -0.682. The predicted molar refractivity (Wildman–Crippen MR) is 101 cm³/mol. The van der Waals surface area contributed by atoms with E-state index >= 15 is 0 Å². The first kappa shape index (κ1) is 21.1. The Balaban J connectivity index is 2.42. The van der Waals surface area contributed by atoms with Gasteiger partial charge in [0.15, 0.2) is 11.5 Å². The van der Waals surface area contributed by atoms with Gasteiger partial charge in [-0.15, -0.1) is 0 Å². The minimum Gasteiger partial charge on any atom is -0.497 e. The zero-order valence-corrected chi connectivity index (χ0v) is 16.5. The predicted octanol–water partition coefficient (Wildman–Crippen LogP) is 3.96. The van der Waals surface area contributed by atoms with Gasteiger partial charge in [0, 0.05) is 0 Å². The zero-order chi connectivity index (χ0) is 20.9. The van der Waals surface area contributed by atoms with E-state index in [1.807, 2.05) is 0 Å². The first-order valence-corrected chi connectivity index (χ1v) is 8.53. The highest BCUT2D eigenvalue weighted by Gasteiger charge is 2.26. The molecule has 1 aromatic heterocycles. The third kappa shape index (κ3) is 5.42. The summed E-state index contributed by atoms with van der Waals surface area (Å²) in [6, 6.07) is 9.41. The summed E-state index contributed by atoms with van der Waals surface area (Å²) in [6.45, 7) is 5.29. The number of methoxy groups -OCH3 is 2. The number of halogens is 1. The van der Waals surface area contributed by atoms with Crippen molar-refractivity contribution < 1.29 is 28.2 Å². The minimum absolute atomic E-state index is 0.0619. The Morgan fingerprint density at radius 3 is 2.25 bits per heavy atom. The molecular weight excluding hydrogens is 367 g/mol. The van der Waals surface area contributed by atoms with Crippen LogP contribution in [0.25, 0.3) is 0 Å². The molecule has 2 rings (SSSR count). The van der Waals surface area contributed by atoms with Crippen LogP contribution in [0, 0.1) is 5.82 Å². The zero-order valence-electron chi connectivity index (χ0n) is 16.5. The fourth-order valence-corrected chi connectivity index (χ4v) is 2.29. The van der Waals surface area contributed by atoms with Crippen molar-refractivity contribution in [3.8, 4) is 5.75 Å². The van der Waals surface area contributed by atoms with Crippen LogP contribution in [-0.4, -0.2) is 36.9 Å². The number of aromatic nitrogens is 1. The summed E-state index contributed by atoms with van der Waals surface area (Å²) < 4.78 is 29.1. The molecule has 0 saturated carbocycles. The number of carbonyl (C=O) groups excluding carboxylic acids is 2. The third-order valence-corrected chi connectivity index (χ3v) is 3.60. The molecule has 150 valence electrons. The number of nitrogens with zero attached hydrogens (tertiary/aromatic N) is 2. The lowest BCUT2D eigenvalue weighted by Gasteiger charge is -2.27. The number of rotatable bonds is 5. The van der Waals surface area contributed by atoms with Crippen LogP contribution in [0.2, 0.25) is 0 Å². The maximum Gasteiger partial charge on any atom is 0.416 e. The van der Waals surface area contributed by atoms with E-state index in [9.17, 15) is 14.0 Å². The maximum absolute atomic E-state index is 13.9. The van der Waals surface area contributed by atoms with Gasteiger partial charge in [0.2, 0.25) is 0 Å². The quantitative estimate of drug-likeness (QED) is 0.719.